The Labute approximate surface area is 154 Å². The minimum Gasteiger partial charge on any atom is -0.312 e. The van der Waals surface area contributed by atoms with Gasteiger partial charge in [-0.3, -0.25) is 0 Å². The van der Waals surface area contributed by atoms with Crippen molar-refractivity contribution < 1.29 is 8.42 Å². The molecule has 120 valence electrons. The zero-order valence-corrected chi connectivity index (χ0v) is 16.4. The third kappa shape index (κ3) is 3.46. The predicted octanol–water partition coefficient (Wildman–Crippen LogP) is 4.66. The van der Waals surface area contributed by atoms with Gasteiger partial charge in [0.05, 0.1) is 14.6 Å². The van der Waals surface area contributed by atoms with E-state index >= 15 is 0 Å². The molecule has 0 aliphatic heterocycles. The normalized spacial score (nSPS) is 12.9. The lowest BCUT2D eigenvalue weighted by atomic mass is 10.3. The van der Waals surface area contributed by atoms with Crippen LogP contribution in [0.4, 0.5) is 0 Å². The summed E-state index contributed by atoms with van der Waals surface area (Å²) in [5, 5.41) is 0. The summed E-state index contributed by atoms with van der Waals surface area (Å²) in [6, 6.07) is 8.79. The van der Waals surface area contributed by atoms with Crippen molar-refractivity contribution in [1.82, 2.24) is 4.57 Å². The molecule has 0 atom stereocenters. The van der Waals surface area contributed by atoms with E-state index in [1.165, 1.54) is 17.4 Å². The molecular formula is C14H10BrClN2O2S3. The standard InChI is InChI=1S/C14H10BrClN2O2S3/c1-2-7-18-10-4-3-9(15)8-11(10)21-14(18)17-23(19,20)13-6-5-12(16)22-13/h2-6,8H,1,7H2/b17-14-. The number of nitrogens with zero attached hydrogens (tertiary/aromatic N) is 2. The smallest absolute Gasteiger partial charge is 0.294 e. The molecule has 0 spiro atoms. The lowest BCUT2D eigenvalue weighted by Crippen LogP contribution is -2.16. The van der Waals surface area contributed by atoms with Gasteiger partial charge in [0.1, 0.15) is 4.21 Å². The average molecular weight is 450 g/mol. The van der Waals surface area contributed by atoms with E-state index in [1.807, 2.05) is 22.8 Å². The molecule has 2 aromatic heterocycles. The minimum atomic E-state index is -3.79. The zero-order chi connectivity index (χ0) is 16.6. The number of aromatic nitrogens is 1. The molecule has 0 bridgehead atoms. The number of hydrogen-bond acceptors (Lipinski definition) is 4. The van der Waals surface area contributed by atoms with E-state index in [0.717, 1.165) is 26.0 Å². The molecule has 0 aliphatic rings. The molecular weight excluding hydrogens is 440 g/mol. The van der Waals surface area contributed by atoms with E-state index in [2.05, 4.69) is 26.9 Å². The van der Waals surface area contributed by atoms with Gasteiger partial charge in [0.2, 0.25) is 4.80 Å². The molecule has 0 radical (unpaired) electrons. The Morgan fingerprint density at radius 3 is 2.74 bits per heavy atom. The first-order valence-corrected chi connectivity index (χ1v) is 10.6. The van der Waals surface area contributed by atoms with Crippen LogP contribution in [0, 0.1) is 0 Å². The van der Waals surface area contributed by atoms with Gasteiger partial charge in [-0.1, -0.05) is 44.9 Å². The van der Waals surface area contributed by atoms with Crippen LogP contribution in [0.25, 0.3) is 10.2 Å². The lowest BCUT2D eigenvalue weighted by Gasteiger charge is -2.01. The highest BCUT2D eigenvalue weighted by atomic mass is 79.9. The lowest BCUT2D eigenvalue weighted by molar-refractivity contribution is 0.598. The van der Waals surface area contributed by atoms with Gasteiger partial charge in [-0.05, 0) is 30.3 Å². The molecule has 2 heterocycles. The van der Waals surface area contributed by atoms with Crippen LogP contribution in [-0.4, -0.2) is 13.0 Å². The summed E-state index contributed by atoms with van der Waals surface area (Å²) in [6.45, 7) is 4.20. The molecule has 0 aliphatic carbocycles. The van der Waals surface area contributed by atoms with Crippen LogP contribution in [0.15, 0.2) is 56.1 Å². The van der Waals surface area contributed by atoms with Gasteiger partial charge in [0.15, 0.2) is 0 Å². The molecule has 0 N–H and O–H groups in total. The number of thiophene rings is 1. The van der Waals surface area contributed by atoms with E-state index in [9.17, 15) is 8.42 Å². The van der Waals surface area contributed by atoms with E-state index in [1.54, 1.807) is 12.1 Å². The quantitative estimate of drug-likeness (QED) is 0.544. The van der Waals surface area contributed by atoms with Gasteiger partial charge in [-0.25, -0.2) is 0 Å². The van der Waals surface area contributed by atoms with Crippen LogP contribution in [-0.2, 0) is 16.6 Å². The van der Waals surface area contributed by atoms with Crippen molar-refractivity contribution >= 4 is 70.4 Å². The Morgan fingerprint density at radius 1 is 1.30 bits per heavy atom. The van der Waals surface area contributed by atoms with Crippen molar-refractivity contribution in [3.63, 3.8) is 0 Å². The fourth-order valence-electron chi connectivity index (χ4n) is 2.01. The second-order valence-corrected chi connectivity index (χ2v) is 9.99. The Balaban J connectivity index is 2.26. The Morgan fingerprint density at radius 2 is 2.09 bits per heavy atom. The van der Waals surface area contributed by atoms with Crippen LogP contribution in [0.2, 0.25) is 4.34 Å². The van der Waals surface area contributed by atoms with Crippen molar-refractivity contribution in [2.75, 3.05) is 0 Å². The maximum Gasteiger partial charge on any atom is 0.294 e. The zero-order valence-electron chi connectivity index (χ0n) is 11.6. The van der Waals surface area contributed by atoms with Gasteiger partial charge in [-0.15, -0.1) is 22.3 Å². The van der Waals surface area contributed by atoms with Gasteiger partial charge in [0, 0.05) is 11.0 Å². The highest BCUT2D eigenvalue weighted by Gasteiger charge is 2.17. The fourth-order valence-corrected chi connectivity index (χ4v) is 6.26. The molecule has 23 heavy (non-hydrogen) atoms. The summed E-state index contributed by atoms with van der Waals surface area (Å²) in [7, 11) is -3.79. The highest BCUT2D eigenvalue weighted by molar-refractivity contribution is 9.10. The molecule has 0 amide bonds. The molecule has 0 saturated heterocycles. The average Bonchev–Trinajstić information content (AvgIpc) is 3.04. The maximum atomic E-state index is 12.5. The number of thiazole rings is 1. The molecule has 0 unspecified atom stereocenters. The monoisotopic (exact) mass is 448 g/mol. The largest absolute Gasteiger partial charge is 0.312 e. The van der Waals surface area contributed by atoms with Crippen LogP contribution in [0.5, 0.6) is 0 Å². The first kappa shape index (κ1) is 16.9. The Kier molecular flexibility index (Phi) is 4.80. The number of halogens is 2. The molecule has 3 aromatic rings. The third-order valence-corrected chi connectivity index (χ3v) is 7.57. The van der Waals surface area contributed by atoms with Gasteiger partial charge >= 0.3 is 0 Å². The minimum absolute atomic E-state index is 0.131. The van der Waals surface area contributed by atoms with Gasteiger partial charge in [-0.2, -0.15) is 8.42 Å². The van der Waals surface area contributed by atoms with Crippen molar-refractivity contribution in [2.24, 2.45) is 4.40 Å². The topological polar surface area (TPSA) is 51.4 Å². The summed E-state index contributed by atoms with van der Waals surface area (Å²) >= 11 is 11.6. The number of fused-ring (bicyclic) bond motifs is 1. The van der Waals surface area contributed by atoms with E-state index < -0.39 is 10.0 Å². The third-order valence-electron chi connectivity index (χ3n) is 2.96. The summed E-state index contributed by atoms with van der Waals surface area (Å²) in [5.74, 6) is 0. The Hall–Kier alpha value is -0.930. The van der Waals surface area contributed by atoms with Crippen LogP contribution >= 0.6 is 50.2 Å². The SMILES string of the molecule is C=CCn1/c(=N/S(=O)(=O)c2ccc(Cl)s2)sc2cc(Br)ccc21. The van der Waals surface area contributed by atoms with Crippen molar-refractivity contribution in [3.05, 3.63) is 56.6 Å². The second-order valence-electron chi connectivity index (χ2n) is 4.52. The second kappa shape index (κ2) is 6.52. The molecule has 4 nitrogen and oxygen atoms in total. The summed E-state index contributed by atoms with van der Waals surface area (Å²) < 4.78 is 33.2. The van der Waals surface area contributed by atoms with Crippen LogP contribution in [0.1, 0.15) is 0 Å². The Bertz CT molecular complexity index is 1060. The van der Waals surface area contributed by atoms with Crippen LogP contribution in [0.3, 0.4) is 0 Å². The number of sulfonamides is 1. The van der Waals surface area contributed by atoms with Crippen LogP contribution < -0.4 is 4.80 Å². The van der Waals surface area contributed by atoms with Gasteiger partial charge < -0.3 is 4.57 Å². The molecule has 3 rings (SSSR count). The predicted molar refractivity (Wildman–Crippen MR) is 99.8 cm³/mol. The number of benzene rings is 1. The van der Waals surface area contributed by atoms with Crippen molar-refractivity contribution in [3.8, 4) is 0 Å². The van der Waals surface area contributed by atoms with Gasteiger partial charge in [0.25, 0.3) is 10.0 Å². The summed E-state index contributed by atoms with van der Waals surface area (Å²) in [6.07, 6.45) is 1.71. The number of hydrogen-bond donors (Lipinski definition) is 0. The number of rotatable bonds is 4. The molecule has 1 aromatic carbocycles. The summed E-state index contributed by atoms with van der Waals surface area (Å²) in [4.78, 5) is 0.405. The number of allylic oxidation sites excluding steroid dienone is 1. The molecule has 0 fully saturated rings. The fraction of sp³-hybridized carbons (Fsp3) is 0.0714. The van der Waals surface area contributed by atoms with E-state index in [-0.39, 0.29) is 4.21 Å². The van der Waals surface area contributed by atoms with Crippen molar-refractivity contribution in [1.29, 1.82) is 0 Å². The first-order chi connectivity index (χ1) is 10.9. The molecule has 0 saturated carbocycles. The van der Waals surface area contributed by atoms with E-state index in [4.69, 9.17) is 11.6 Å². The first-order valence-electron chi connectivity index (χ1n) is 6.37. The molecule has 9 heteroatoms. The van der Waals surface area contributed by atoms with E-state index in [0.29, 0.717) is 15.7 Å². The maximum absolute atomic E-state index is 12.5. The van der Waals surface area contributed by atoms with Crippen molar-refractivity contribution in [2.45, 2.75) is 10.8 Å². The summed E-state index contributed by atoms with van der Waals surface area (Å²) in [5.41, 5.74) is 0.913. The highest BCUT2D eigenvalue weighted by Crippen LogP contribution is 2.27.